The summed E-state index contributed by atoms with van der Waals surface area (Å²) < 4.78 is 4.53. The molecule has 0 amide bonds. The summed E-state index contributed by atoms with van der Waals surface area (Å²) in [6.45, 7) is 2.13. The van der Waals surface area contributed by atoms with Crippen molar-refractivity contribution in [3.8, 4) is 0 Å². The maximum absolute atomic E-state index is 11.2. The molecule has 0 aliphatic heterocycles. The number of carbonyl (C=O) groups is 1. The average molecular weight is 242 g/mol. The normalized spacial score (nSPS) is 12.2. The summed E-state index contributed by atoms with van der Waals surface area (Å²) in [5, 5.41) is 9.72. The van der Waals surface area contributed by atoms with Crippen LogP contribution in [0.3, 0.4) is 0 Å². The molecule has 1 atom stereocenters. The molecule has 0 spiro atoms. The van der Waals surface area contributed by atoms with Crippen LogP contribution in [0, 0.1) is 0 Å². The minimum atomic E-state index is -0.544. The fourth-order valence-corrected chi connectivity index (χ4v) is 1.96. The predicted molar refractivity (Wildman–Crippen MR) is 60.4 cm³/mol. The Labute approximate surface area is 98.3 Å². The number of aromatic nitrogens is 2. The largest absolute Gasteiger partial charge is 0.463 e. The lowest BCUT2D eigenvalue weighted by atomic mass is 10.3. The van der Waals surface area contributed by atoms with Gasteiger partial charge >= 0.3 is 5.97 Å². The van der Waals surface area contributed by atoms with Crippen LogP contribution in [0.5, 0.6) is 0 Å². The van der Waals surface area contributed by atoms with Crippen LogP contribution in [0.15, 0.2) is 17.3 Å². The molecule has 0 saturated heterocycles. The summed E-state index contributed by atoms with van der Waals surface area (Å²) in [7, 11) is 1.29. The number of ether oxygens (including phenoxy) is 1. The molecule has 0 aromatic carbocycles. The third-order valence-corrected chi connectivity index (χ3v) is 2.96. The molecule has 1 aromatic rings. The fraction of sp³-hybridized carbons (Fsp3) is 0.500. The van der Waals surface area contributed by atoms with E-state index in [0.29, 0.717) is 11.4 Å². The maximum atomic E-state index is 11.2. The number of methoxy groups -OCH3 is 1. The first kappa shape index (κ1) is 12.9. The zero-order valence-corrected chi connectivity index (χ0v) is 10.0. The van der Waals surface area contributed by atoms with Gasteiger partial charge in [0.25, 0.3) is 0 Å². The molecule has 0 aliphatic carbocycles. The number of rotatable bonds is 5. The monoisotopic (exact) mass is 242 g/mol. The molecule has 88 valence electrons. The maximum Gasteiger partial charge on any atom is 0.376 e. The van der Waals surface area contributed by atoms with Crippen molar-refractivity contribution in [3.63, 3.8) is 0 Å². The molecule has 0 saturated carbocycles. The molecule has 5 nitrogen and oxygen atoms in total. The highest BCUT2D eigenvalue weighted by Crippen LogP contribution is 2.22. The smallest absolute Gasteiger partial charge is 0.376 e. The molecule has 1 N–H and O–H groups in total. The number of aliphatic hydroxyl groups excluding tert-OH is 1. The molecular formula is C10H14N2O3S. The summed E-state index contributed by atoms with van der Waals surface area (Å²) in [6, 6.07) is 1.73. The van der Waals surface area contributed by atoms with Crippen molar-refractivity contribution < 1.29 is 14.6 Å². The molecule has 0 radical (unpaired) electrons. The number of hydrogen-bond acceptors (Lipinski definition) is 6. The Balaban J connectivity index is 2.70. The molecular weight excluding hydrogens is 228 g/mol. The summed E-state index contributed by atoms with van der Waals surface area (Å²) in [4.78, 5) is 19.1. The van der Waals surface area contributed by atoms with Gasteiger partial charge in [-0.3, -0.25) is 0 Å². The molecule has 1 unspecified atom stereocenters. The highest BCUT2D eigenvalue weighted by molar-refractivity contribution is 7.99. The second-order valence-corrected chi connectivity index (χ2v) is 4.61. The Morgan fingerprint density at radius 2 is 2.44 bits per heavy atom. The Morgan fingerprint density at radius 1 is 1.69 bits per heavy atom. The van der Waals surface area contributed by atoms with Gasteiger partial charge < -0.3 is 9.84 Å². The summed E-state index contributed by atoms with van der Waals surface area (Å²) >= 11 is 1.49. The summed E-state index contributed by atoms with van der Waals surface area (Å²) in [5.74, 6) is -0.485. The topological polar surface area (TPSA) is 72.3 Å². The van der Waals surface area contributed by atoms with Crippen LogP contribution in [0.1, 0.15) is 24.0 Å². The van der Waals surface area contributed by atoms with Crippen molar-refractivity contribution in [3.05, 3.63) is 18.1 Å². The van der Waals surface area contributed by atoms with Crippen LogP contribution in [0.2, 0.25) is 0 Å². The number of thioether (sulfide) groups is 1. The van der Waals surface area contributed by atoms with Gasteiger partial charge in [0, 0.05) is 18.1 Å². The Hall–Kier alpha value is -1.14. The lowest BCUT2D eigenvalue weighted by Crippen LogP contribution is -2.08. The molecule has 0 bridgehead atoms. The van der Waals surface area contributed by atoms with E-state index in [0.717, 1.165) is 0 Å². The fourth-order valence-electron chi connectivity index (χ4n) is 1.04. The SMILES string of the molecule is COC(=O)c1nccc(SC(C)CCO)n1. The van der Waals surface area contributed by atoms with Crippen LogP contribution in [-0.2, 0) is 4.74 Å². The summed E-state index contributed by atoms with van der Waals surface area (Å²) in [5.41, 5.74) is 0. The molecule has 16 heavy (non-hydrogen) atoms. The molecule has 0 aliphatic rings. The van der Waals surface area contributed by atoms with Gasteiger partial charge in [-0.2, -0.15) is 0 Å². The zero-order chi connectivity index (χ0) is 12.0. The number of nitrogens with zero attached hydrogens (tertiary/aromatic N) is 2. The van der Waals surface area contributed by atoms with Crippen molar-refractivity contribution in [2.45, 2.75) is 23.6 Å². The van der Waals surface area contributed by atoms with Crippen LogP contribution in [0.4, 0.5) is 0 Å². The van der Waals surface area contributed by atoms with Crippen molar-refractivity contribution in [2.75, 3.05) is 13.7 Å². The van der Waals surface area contributed by atoms with Gasteiger partial charge in [0.1, 0.15) is 5.03 Å². The summed E-state index contributed by atoms with van der Waals surface area (Å²) in [6.07, 6.45) is 2.20. The lowest BCUT2D eigenvalue weighted by Gasteiger charge is -2.08. The van der Waals surface area contributed by atoms with E-state index in [9.17, 15) is 4.79 Å². The van der Waals surface area contributed by atoms with E-state index in [-0.39, 0.29) is 17.7 Å². The van der Waals surface area contributed by atoms with Crippen LogP contribution >= 0.6 is 11.8 Å². The van der Waals surface area contributed by atoms with Gasteiger partial charge in [-0.15, -0.1) is 11.8 Å². The zero-order valence-electron chi connectivity index (χ0n) is 9.21. The van der Waals surface area contributed by atoms with E-state index in [2.05, 4.69) is 14.7 Å². The third-order valence-electron chi connectivity index (χ3n) is 1.86. The van der Waals surface area contributed by atoms with Gasteiger partial charge in [-0.25, -0.2) is 14.8 Å². The molecule has 1 rings (SSSR count). The first-order valence-electron chi connectivity index (χ1n) is 4.86. The number of esters is 1. The quantitative estimate of drug-likeness (QED) is 0.474. The van der Waals surface area contributed by atoms with E-state index in [1.54, 1.807) is 6.07 Å². The van der Waals surface area contributed by atoms with Crippen molar-refractivity contribution >= 4 is 17.7 Å². The van der Waals surface area contributed by atoms with Crippen molar-refractivity contribution in [2.24, 2.45) is 0 Å². The van der Waals surface area contributed by atoms with Crippen LogP contribution in [0.25, 0.3) is 0 Å². The number of aliphatic hydroxyl groups is 1. The van der Waals surface area contributed by atoms with E-state index in [1.807, 2.05) is 6.92 Å². The predicted octanol–water partition coefficient (Wildman–Crippen LogP) is 1.13. The van der Waals surface area contributed by atoms with E-state index >= 15 is 0 Å². The van der Waals surface area contributed by atoms with Gasteiger partial charge in [0.2, 0.25) is 5.82 Å². The highest BCUT2D eigenvalue weighted by Gasteiger charge is 2.11. The molecule has 1 heterocycles. The van der Waals surface area contributed by atoms with E-state index < -0.39 is 5.97 Å². The number of hydrogen-bond donors (Lipinski definition) is 1. The van der Waals surface area contributed by atoms with E-state index in [4.69, 9.17) is 5.11 Å². The van der Waals surface area contributed by atoms with Gasteiger partial charge in [-0.1, -0.05) is 6.92 Å². The third kappa shape index (κ3) is 3.79. The van der Waals surface area contributed by atoms with Crippen LogP contribution in [-0.4, -0.2) is 40.0 Å². The lowest BCUT2D eigenvalue weighted by molar-refractivity contribution is 0.0585. The molecule has 0 fully saturated rings. The molecule has 1 aromatic heterocycles. The van der Waals surface area contributed by atoms with E-state index in [1.165, 1.54) is 25.1 Å². The first-order chi connectivity index (χ1) is 7.67. The Kier molecular flexibility index (Phi) is 5.21. The van der Waals surface area contributed by atoms with Gasteiger partial charge in [-0.05, 0) is 12.5 Å². The first-order valence-corrected chi connectivity index (χ1v) is 5.74. The number of carbonyl (C=O) groups excluding carboxylic acids is 1. The standard InChI is InChI=1S/C10H14N2O3S/c1-7(4-6-13)16-8-3-5-11-9(12-8)10(14)15-2/h3,5,7,13H,4,6H2,1-2H3. The molecule has 6 heteroatoms. The second kappa shape index (κ2) is 6.44. The second-order valence-electron chi connectivity index (χ2n) is 3.15. The van der Waals surface area contributed by atoms with Crippen molar-refractivity contribution in [1.29, 1.82) is 0 Å². The van der Waals surface area contributed by atoms with Gasteiger partial charge in [0.15, 0.2) is 0 Å². The van der Waals surface area contributed by atoms with Gasteiger partial charge in [0.05, 0.1) is 7.11 Å². The van der Waals surface area contributed by atoms with Crippen molar-refractivity contribution in [1.82, 2.24) is 9.97 Å². The average Bonchev–Trinajstić information content (AvgIpc) is 2.28. The Morgan fingerprint density at radius 3 is 3.06 bits per heavy atom. The Bertz CT molecular complexity index is 360. The van der Waals surface area contributed by atoms with Crippen LogP contribution < -0.4 is 0 Å². The minimum Gasteiger partial charge on any atom is -0.463 e. The highest BCUT2D eigenvalue weighted by atomic mass is 32.2. The minimum absolute atomic E-state index is 0.0590.